The van der Waals surface area contributed by atoms with Crippen molar-refractivity contribution in [1.82, 2.24) is 9.97 Å². The zero-order valence-corrected chi connectivity index (χ0v) is 13.3. The Kier molecular flexibility index (Phi) is 3.81. The molecule has 0 atom stereocenters. The van der Waals surface area contributed by atoms with Crippen LogP contribution < -0.4 is 14.8 Å². The number of methoxy groups -OCH3 is 2. The number of nitrogens with zero attached hydrogens (tertiary/aromatic N) is 1. The van der Waals surface area contributed by atoms with Crippen molar-refractivity contribution in [3.05, 3.63) is 40.9 Å². The molecule has 0 spiro atoms. The van der Waals surface area contributed by atoms with Crippen LogP contribution in [0.15, 0.2) is 30.3 Å². The number of nitrogens with one attached hydrogen (secondary N) is 2. The smallest absolute Gasteiger partial charge is 0.205 e. The van der Waals surface area contributed by atoms with Gasteiger partial charge in [0.2, 0.25) is 5.95 Å². The van der Waals surface area contributed by atoms with E-state index in [2.05, 4.69) is 15.3 Å². The van der Waals surface area contributed by atoms with Crippen LogP contribution in [0.5, 0.6) is 11.5 Å². The summed E-state index contributed by atoms with van der Waals surface area (Å²) in [6.07, 6.45) is 0. The van der Waals surface area contributed by atoms with E-state index < -0.39 is 0 Å². The van der Waals surface area contributed by atoms with Crippen molar-refractivity contribution in [2.75, 3.05) is 19.5 Å². The molecule has 2 aromatic carbocycles. The second kappa shape index (κ2) is 5.77. The molecule has 3 rings (SSSR count). The number of ether oxygens (including phenoxy) is 2. The fourth-order valence-corrected chi connectivity index (χ4v) is 2.42. The van der Waals surface area contributed by atoms with Crippen LogP contribution >= 0.6 is 11.6 Å². The zero-order valence-electron chi connectivity index (χ0n) is 12.5. The number of rotatable bonds is 4. The second-order valence-electron chi connectivity index (χ2n) is 4.89. The molecular weight excluding hydrogens is 302 g/mol. The third-order valence-electron chi connectivity index (χ3n) is 3.44. The van der Waals surface area contributed by atoms with Gasteiger partial charge in [-0.15, -0.1) is 0 Å². The van der Waals surface area contributed by atoms with E-state index >= 15 is 0 Å². The number of H-pyrrole nitrogens is 1. The summed E-state index contributed by atoms with van der Waals surface area (Å²) in [6, 6.07) is 9.37. The number of anilines is 2. The van der Waals surface area contributed by atoms with E-state index in [4.69, 9.17) is 21.1 Å². The minimum atomic E-state index is 0.635. The Balaban J connectivity index is 2.00. The average molecular weight is 318 g/mol. The van der Waals surface area contributed by atoms with E-state index in [1.54, 1.807) is 14.2 Å². The number of hydrogen-bond donors (Lipinski definition) is 2. The number of benzene rings is 2. The van der Waals surface area contributed by atoms with Crippen molar-refractivity contribution < 1.29 is 9.47 Å². The monoisotopic (exact) mass is 317 g/mol. The topological polar surface area (TPSA) is 59.2 Å². The highest BCUT2D eigenvalue weighted by Gasteiger charge is 2.10. The molecule has 0 amide bonds. The lowest BCUT2D eigenvalue weighted by Crippen LogP contribution is -1.94. The molecule has 0 saturated heterocycles. The first-order chi connectivity index (χ1) is 10.6. The van der Waals surface area contributed by atoms with Crippen molar-refractivity contribution in [2.45, 2.75) is 6.92 Å². The van der Waals surface area contributed by atoms with Crippen LogP contribution in [0.3, 0.4) is 0 Å². The minimum Gasteiger partial charge on any atom is -0.493 e. The van der Waals surface area contributed by atoms with Crippen LogP contribution in [0.4, 0.5) is 11.6 Å². The van der Waals surface area contributed by atoms with Crippen LogP contribution in [0.1, 0.15) is 5.56 Å². The highest BCUT2D eigenvalue weighted by molar-refractivity contribution is 6.30. The van der Waals surface area contributed by atoms with Gasteiger partial charge < -0.3 is 19.8 Å². The van der Waals surface area contributed by atoms with E-state index in [1.165, 1.54) is 0 Å². The van der Waals surface area contributed by atoms with Gasteiger partial charge in [-0.1, -0.05) is 17.7 Å². The summed E-state index contributed by atoms with van der Waals surface area (Å²) in [5, 5.41) is 3.92. The fraction of sp³-hybridized carbons (Fsp3) is 0.188. The highest BCUT2D eigenvalue weighted by Crippen LogP contribution is 2.32. The maximum atomic E-state index is 6.04. The Hall–Kier alpha value is -2.40. The maximum Gasteiger partial charge on any atom is 0.205 e. The lowest BCUT2D eigenvalue weighted by Gasteiger charge is -2.06. The van der Waals surface area contributed by atoms with E-state index in [-0.39, 0.29) is 0 Å². The summed E-state index contributed by atoms with van der Waals surface area (Å²) in [4.78, 5) is 7.73. The molecule has 0 saturated carbocycles. The van der Waals surface area contributed by atoms with Gasteiger partial charge in [0.15, 0.2) is 11.5 Å². The number of aromatic amines is 1. The number of aryl methyl sites for hydroxylation is 1. The Morgan fingerprint density at radius 3 is 2.55 bits per heavy atom. The Bertz CT molecular complexity index is 789. The SMILES string of the molecule is COc1cc2nc(Nc3cc(Cl)ccc3C)[nH]c2cc1OC. The maximum absolute atomic E-state index is 6.04. The van der Waals surface area contributed by atoms with Gasteiger partial charge in [-0.05, 0) is 24.6 Å². The van der Waals surface area contributed by atoms with Gasteiger partial charge in [0.05, 0.1) is 25.3 Å². The van der Waals surface area contributed by atoms with Crippen molar-refractivity contribution >= 4 is 34.3 Å². The largest absolute Gasteiger partial charge is 0.493 e. The van der Waals surface area contributed by atoms with Gasteiger partial charge in [0.1, 0.15) is 0 Å². The second-order valence-corrected chi connectivity index (χ2v) is 5.33. The van der Waals surface area contributed by atoms with E-state index in [9.17, 15) is 0 Å². The van der Waals surface area contributed by atoms with Crippen molar-refractivity contribution in [3.8, 4) is 11.5 Å². The molecule has 114 valence electrons. The normalized spacial score (nSPS) is 10.7. The summed E-state index contributed by atoms with van der Waals surface area (Å²) >= 11 is 6.04. The Morgan fingerprint density at radius 2 is 1.82 bits per heavy atom. The first-order valence-electron chi connectivity index (χ1n) is 6.75. The molecule has 0 fully saturated rings. The third kappa shape index (κ3) is 2.67. The number of imidazole rings is 1. The number of aromatic nitrogens is 2. The van der Waals surface area contributed by atoms with Gasteiger partial charge in [0, 0.05) is 22.8 Å². The van der Waals surface area contributed by atoms with Crippen LogP contribution in [0, 0.1) is 6.92 Å². The van der Waals surface area contributed by atoms with Crippen molar-refractivity contribution in [2.24, 2.45) is 0 Å². The molecule has 6 heteroatoms. The van der Waals surface area contributed by atoms with Gasteiger partial charge >= 0.3 is 0 Å². The molecule has 0 aliphatic heterocycles. The number of fused-ring (bicyclic) bond motifs is 1. The Labute approximate surface area is 133 Å². The summed E-state index contributed by atoms with van der Waals surface area (Å²) in [5.74, 6) is 1.94. The van der Waals surface area contributed by atoms with Crippen LogP contribution in [0.25, 0.3) is 11.0 Å². The summed E-state index contributed by atoms with van der Waals surface area (Å²) in [5.41, 5.74) is 3.64. The van der Waals surface area contributed by atoms with Crippen LogP contribution in [-0.2, 0) is 0 Å². The lowest BCUT2D eigenvalue weighted by atomic mass is 10.2. The molecule has 0 aliphatic rings. The zero-order chi connectivity index (χ0) is 15.7. The fourth-order valence-electron chi connectivity index (χ4n) is 2.25. The van der Waals surface area contributed by atoms with E-state index in [0.717, 1.165) is 22.3 Å². The molecule has 1 aromatic heterocycles. The van der Waals surface area contributed by atoms with E-state index in [1.807, 2.05) is 37.3 Å². The number of hydrogen-bond acceptors (Lipinski definition) is 4. The predicted molar refractivity (Wildman–Crippen MR) is 88.7 cm³/mol. The molecular formula is C16H16ClN3O2. The predicted octanol–water partition coefficient (Wildman–Crippen LogP) is 4.29. The van der Waals surface area contributed by atoms with Crippen LogP contribution in [0.2, 0.25) is 5.02 Å². The minimum absolute atomic E-state index is 0.635. The summed E-state index contributed by atoms with van der Waals surface area (Å²) in [6.45, 7) is 2.01. The molecule has 0 bridgehead atoms. The molecule has 2 N–H and O–H groups in total. The molecule has 3 aromatic rings. The quantitative estimate of drug-likeness (QED) is 0.753. The summed E-state index contributed by atoms with van der Waals surface area (Å²) < 4.78 is 10.6. The van der Waals surface area contributed by atoms with Gasteiger partial charge in [-0.2, -0.15) is 0 Å². The summed E-state index contributed by atoms with van der Waals surface area (Å²) in [7, 11) is 3.21. The first kappa shape index (κ1) is 14.5. The van der Waals surface area contributed by atoms with Gasteiger partial charge in [0.25, 0.3) is 0 Å². The molecule has 0 unspecified atom stereocenters. The number of halogens is 1. The molecule has 0 aliphatic carbocycles. The first-order valence-corrected chi connectivity index (χ1v) is 7.13. The molecule has 1 heterocycles. The van der Waals surface area contributed by atoms with Crippen molar-refractivity contribution in [3.63, 3.8) is 0 Å². The van der Waals surface area contributed by atoms with Gasteiger partial charge in [-0.25, -0.2) is 4.98 Å². The van der Waals surface area contributed by atoms with Gasteiger partial charge in [-0.3, -0.25) is 0 Å². The highest BCUT2D eigenvalue weighted by atomic mass is 35.5. The molecule has 0 radical (unpaired) electrons. The third-order valence-corrected chi connectivity index (χ3v) is 3.67. The van der Waals surface area contributed by atoms with Crippen molar-refractivity contribution in [1.29, 1.82) is 0 Å². The van der Waals surface area contributed by atoms with E-state index in [0.29, 0.717) is 22.5 Å². The van der Waals surface area contributed by atoms with Crippen LogP contribution in [-0.4, -0.2) is 24.2 Å². The molecule has 5 nitrogen and oxygen atoms in total. The Morgan fingerprint density at radius 1 is 1.09 bits per heavy atom. The lowest BCUT2D eigenvalue weighted by molar-refractivity contribution is 0.356. The standard InChI is InChI=1S/C16H16ClN3O2/c1-9-4-5-10(17)6-11(9)18-16-19-12-7-14(21-2)15(22-3)8-13(12)20-16/h4-8H,1-3H3,(H2,18,19,20). The molecule has 22 heavy (non-hydrogen) atoms. The average Bonchev–Trinajstić information content (AvgIpc) is 2.90.